The maximum atomic E-state index is 13.6. The molecule has 0 saturated carbocycles. The van der Waals surface area contributed by atoms with Crippen molar-refractivity contribution in [2.24, 2.45) is 0 Å². The lowest BCUT2D eigenvalue weighted by Crippen LogP contribution is -2.20. The number of hydrogen-bond acceptors (Lipinski definition) is 5. The molecule has 2 aromatic carbocycles. The minimum Gasteiger partial charge on any atom is -0.452 e. The summed E-state index contributed by atoms with van der Waals surface area (Å²) in [6, 6.07) is 9.86. The molecular formula is C18H15FN2O5. The van der Waals surface area contributed by atoms with Gasteiger partial charge in [-0.3, -0.25) is 14.9 Å². The molecule has 0 fully saturated rings. The maximum Gasteiger partial charge on any atom is 0.331 e. The topological polar surface area (TPSA) is 98.5 Å². The third-order valence-electron chi connectivity index (χ3n) is 3.26. The van der Waals surface area contributed by atoms with E-state index in [9.17, 15) is 24.1 Å². The van der Waals surface area contributed by atoms with E-state index in [1.807, 2.05) is 0 Å². The lowest BCUT2D eigenvalue weighted by molar-refractivity contribution is -0.384. The van der Waals surface area contributed by atoms with Gasteiger partial charge >= 0.3 is 5.97 Å². The Labute approximate surface area is 148 Å². The van der Waals surface area contributed by atoms with Crippen LogP contribution in [0.15, 0.2) is 48.5 Å². The fourth-order valence-corrected chi connectivity index (χ4v) is 1.96. The number of rotatable bonds is 6. The SMILES string of the molecule is Cc1ccc(NC(=O)COC(=O)/C=C/c2ccc([N+](=O)[O-])cc2)c(F)c1. The second kappa shape index (κ2) is 8.52. The Morgan fingerprint density at radius 2 is 1.92 bits per heavy atom. The summed E-state index contributed by atoms with van der Waals surface area (Å²) in [6.45, 7) is 1.14. The number of non-ortho nitro benzene ring substituents is 1. The molecule has 0 heterocycles. The second-order valence-electron chi connectivity index (χ2n) is 5.32. The average molecular weight is 358 g/mol. The highest BCUT2D eigenvalue weighted by molar-refractivity contribution is 5.94. The van der Waals surface area contributed by atoms with Crippen molar-refractivity contribution in [2.75, 3.05) is 11.9 Å². The molecule has 7 nitrogen and oxygen atoms in total. The van der Waals surface area contributed by atoms with Crippen LogP contribution in [-0.2, 0) is 14.3 Å². The van der Waals surface area contributed by atoms with E-state index in [-0.39, 0.29) is 11.4 Å². The molecule has 0 unspecified atom stereocenters. The molecule has 0 spiro atoms. The van der Waals surface area contributed by atoms with Gasteiger partial charge < -0.3 is 10.1 Å². The zero-order chi connectivity index (χ0) is 19.1. The summed E-state index contributed by atoms with van der Waals surface area (Å²) in [5.74, 6) is -2.03. The van der Waals surface area contributed by atoms with Crippen LogP contribution >= 0.6 is 0 Å². The Morgan fingerprint density at radius 3 is 2.54 bits per heavy atom. The van der Waals surface area contributed by atoms with Gasteiger partial charge in [0.05, 0.1) is 10.6 Å². The number of benzene rings is 2. The molecule has 0 aromatic heterocycles. The minimum absolute atomic E-state index is 0.00179. The van der Waals surface area contributed by atoms with E-state index in [1.165, 1.54) is 42.5 Å². The standard InChI is InChI=1S/C18H15FN2O5/c1-12-2-8-16(15(19)10-12)20-17(22)11-26-18(23)9-5-13-3-6-14(7-4-13)21(24)25/h2-10H,11H2,1H3,(H,20,22)/b9-5+. The van der Waals surface area contributed by atoms with Gasteiger partial charge in [-0.25, -0.2) is 9.18 Å². The van der Waals surface area contributed by atoms with Gasteiger partial charge in [0.1, 0.15) is 5.82 Å². The smallest absolute Gasteiger partial charge is 0.331 e. The van der Waals surface area contributed by atoms with Crippen molar-refractivity contribution in [3.8, 4) is 0 Å². The summed E-state index contributed by atoms with van der Waals surface area (Å²) >= 11 is 0. The maximum absolute atomic E-state index is 13.6. The number of nitro benzene ring substituents is 1. The highest BCUT2D eigenvalue weighted by Gasteiger charge is 2.09. The van der Waals surface area contributed by atoms with Gasteiger partial charge in [0, 0.05) is 18.2 Å². The molecule has 1 amide bonds. The molecular weight excluding hydrogens is 343 g/mol. The van der Waals surface area contributed by atoms with Crippen LogP contribution in [0.5, 0.6) is 0 Å². The summed E-state index contributed by atoms with van der Waals surface area (Å²) < 4.78 is 18.4. The van der Waals surface area contributed by atoms with Crippen molar-refractivity contribution in [1.29, 1.82) is 0 Å². The molecule has 0 saturated heterocycles. The molecule has 0 bridgehead atoms. The largest absolute Gasteiger partial charge is 0.452 e. The first kappa shape index (κ1) is 18.8. The highest BCUT2D eigenvalue weighted by atomic mass is 19.1. The fraction of sp³-hybridized carbons (Fsp3) is 0.111. The highest BCUT2D eigenvalue weighted by Crippen LogP contribution is 2.15. The van der Waals surface area contributed by atoms with Crippen LogP contribution in [0.4, 0.5) is 15.8 Å². The number of ether oxygens (including phenoxy) is 1. The van der Waals surface area contributed by atoms with Crippen molar-refractivity contribution in [1.82, 2.24) is 0 Å². The summed E-state index contributed by atoms with van der Waals surface area (Å²) in [5.41, 5.74) is 1.20. The zero-order valence-electron chi connectivity index (χ0n) is 13.8. The normalized spacial score (nSPS) is 10.5. The van der Waals surface area contributed by atoms with E-state index in [4.69, 9.17) is 4.74 Å². The molecule has 26 heavy (non-hydrogen) atoms. The predicted molar refractivity (Wildman–Crippen MR) is 92.9 cm³/mol. The number of hydrogen-bond donors (Lipinski definition) is 1. The molecule has 0 radical (unpaired) electrons. The van der Waals surface area contributed by atoms with Crippen LogP contribution in [0.2, 0.25) is 0 Å². The van der Waals surface area contributed by atoms with Gasteiger partial charge in [0.15, 0.2) is 6.61 Å². The van der Waals surface area contributed by atoms with Crippen LogP contribution in [-0.4, -0.2) is 23.4 Å². The third kappa shape index (κ3) is 5.52. The van der Waals surface area contributed by atoms with Crippen molar-refractivity contribution in [3.05, 3.63) is 75.6 Å². The first-order valence-corrected chi connectivity index (χ1v) is 7.50. The number of anilines is 1. The molecule has 2 rings (SSSR count). The summed E-state index contributed by atoms with van der Waals surface area (Å²) in [7, 11) is 0. The van der Waals surface area contributed by atoms with E-state index in [2.05, 4.69) is 5.32 Å². The molecule has 134 valence electrons. The predicted octanol–water partition coefficient (Wildman–Crippen LogP) is 3.24. The van der Waals surface area contributed by atoms with Crippen LogP contribution in [0, 0.1) is 22.9 Å². The molecule has 0 aliphatic rings. The summed E-state index contributed by atoms with van der Waals surface area (Å²) in [5, 5.41) is 12.9. The lowest BCUT2D eigenvalue weighted by Gasteiger charge is -2.07. The zero-order valence-corrected chi connectivity index (χ0v) is 13.8. The van der Waals surface area contributed by atoms with Gasteiger partial charge in [-0.1, -0.05) is 6.07 Å². The molecule has 0 atom stereocenters. The summed E-state index contributed by atoms with van der Waals surface area (Å²) in [6.07, 6.45) is 2.48. The Morgan fingerprint density at radius 1 is 1.23 bits per heavy atom. The van der Waals surface area contributed by atoms with Gasteiger partial charge in [-0.15, -0.1) is 0 Å². The summed E-state index contributed by atoms with van der Waals surface area (Å²) in [4.78, 5) is 33.3. The fourth-order valence-electron chi connectivity index (χ4n) is 1.96. The number of carbonyl (C=O) groups excluding carboxylic acids is 2. The van der Waals surface area contributed by atoms with Crippen molar-refractivity contribution in [3.63, 3.8) is 0 Å². The Balaban J connectivity index is 1.83. The monoisotopic (exact) mass is 358 g/mol. The number of esters is 1. The number of aryl methyl sites for hydroxylation is 1. The third-order valence-corrected chi connectivity index (χ3v) is 3.26. The minimum atomic E-state index is -0.775. The van der Waals surface area contributed by atoms with E-state index in [0.717, 1.165) is 6.08 Å². The van der Waals surface area contributed by atoms with E-state index in [1.54, 1.807) is 13.0 Å². The van der Waals surface area contributed by atoms with E-state index < -0.39 is 29.2 Å². The Hall–Kier alpha value is -3.55. The number of nitrogens with zero attached hydrogens (tertiary/aromatic N) is 1. The number of halogens is 1. The van der Waals surface area contributed by atoms with Crippen LogP contribution in [0.25, 0.3) is 6.08 Å². The second-order valence-corrected chi connectivity index (χ2v) is 5.32. The average Bonchev–Trinajstić information content (AvgIpc) is 2.61. The quantitative estimate of drug-likeness (QED) is 0.370. The van der Waals surface area contributed by atoms with Gasteiger partial charge in [-0.05, 0) is 48.4 Å². The first-order chi connectivity index (χ1) is 12.3. The lowest BCUT2D eigenvalue weighted by atomic mass is 10.2. The van der Waals surface area contributed by atoms with Gasteiger partial charge in [-0.2, -0.15) is 0 Å². The first-order valence-electron chi connectivity index (χ1n) is 7.50. The van der Waals surface area contributed by atoms with E-state index in [0.29, 0.717) is 11.1 Å². The molecule has 2 aromatic rings. The molecule has 0 aliphatic heterocycles. The number of amides is 1. The van der Waals surface area contributed by atoms with Gasteiger partial charge in [0.2, 0.25) is 0 Å². The van der Waals surface area contributed by atoms with Crippen LogP contribution in [0.1, 0.15) is 11.1 Å². The molecule has 8 heteroatoms. The number of carbonyl (C=O) groups is 2. The van der Waals surface area contributed by atoms with Crippen LogP contribution < -0.4 is 5.32 Å². The van der Waals surface area contributed by atoms with Crippen molar-refractivity contribution >= 4 is 29.3 Å². The number of nitrogens with one attached hydrogen (secondary N) is 1. The van der Waals surface area contributed by atoms with E-state index >= 15 is 0 Å². The van der Waals surface area contributed by atoms with Crippen LogP contribution in [0.3, 0.4) is 0 Å². The Bertz CT molecular complexity index is 862. The Kier molecular flexibility index (Phi) is 6.15. The number of nitro groups is 1. The van der Waals surface area contributed by atoms with Crippen molar-refractivity contribution in [2.45, 2.75) is 6.92 Å². The molecule has 0 aliphatic carbocycles. The van der Waals surface area contributed by atoms with Crippen molar-refractivity contribution < 1.29 is 23.6 Å². The molecule has 1 N–H and O–H groups in total. The van der Waals surface area contributed by atoms with Gasteiger partial charge in [0.25, 0.3) is 11.6 Å².